The maximum Gasteiger partial charge on any atom is 0.225 e. The second-order valence-electron chi connectivity index (χ2n) is 5.69. The van der Waals surface area contributed by atoms with Crippen molar-refractivity contribution in [3.63, 3.8) is 0 Å². The molecule has 0 aromatic heterocycles. The fraction of sp³-hybridized carbons (Fsp3) is 0.923. The molecular formula is C13H24N2O. The average molecular weight is 224 g/mol. The summed E-state index contributed by atoms with van der Waals surface area (Å²) in [5.41, 5.74) is 0. The van der Waals surface area contributed by atoms with Crippen LogP contribution in [0, 0.1) is 11.8 Å². The molecule has 1 unspecified atom stereocenters. The van der Waals surface area contributed by atoms with Crippen molar-refractivity contribution in [1.29, 1.82) is 0 Å². The van der Waals surface area contributed by atoms with Gasteiger partial charge in [0.15, 0.2) is 0 Å². The van der Waals surface area contributed by atoms with E-state index in [2.05, 4.69) is 24.1 Å². The number of carbonyl (C=O) groups is 1. The lowest BCUT2D eigenvalue weighted by Gasteiger charge is -2.25. The Labute approximate surface area is 98.6 Å². The van der Waals surface area contributed by atoms with E-state index in [0.717, 1.165) is 38.9 Å². The molecule has 16 heavy (non-hydrogen) atoms. The van der Waals surface area contributed by atoms with E-state index in [1.165, 1.54) is 6.42 Å². The first-order valence-corrected chi connectivity index (χ1v) is 6.69. The van der Waals surface area contributed by atoms with Crippen molar-refractivity contribution in [2.45, 2.75) is 45.6 Å². The van der Waals surface area contributed by atoms with Crippen LogP contribution in [0.2, 0.25) is 0 Å². The highest BCUT2D eigenvalue weighted by Gasteiger charge is 2.34. The van der Waals surface area contributed by atoms with Crippen molar-refractivity contribution in [3.8, 4) is 0 Å². The molecule has 1 N–H and O–H groups in total. The van der Waals surface area contributed by atoms with Crippen LogP contribution < -0.4 is 5.32 Å². The van der Waals surface area contributed by atoms with Gasteiger partial charge in [0.1, 0.15) is 0 Å². The Balaban J connectivity index is 1.89. The zero-order valence-corrected chi connectivity index (χ0v) is 10.5. The van der Waals surface area contributed by atoms with Gasteiger partial charge in [0.25, 0.3) is 0 Å². The van der Waals surface area contributed by atoms with E-state index < -0.39 is 0 Å². The van der Waals surface area contributed by atoms with E-state index in [1.54, 1.807) is 0 Å². The lowest BCUT2D eigenvalue weighted by molar-refractivity contribution is -0.132. The van der Waals surface area contributed by atoms with Crippen molar-refractivity contribution in [1.82, 2.24) is 10.2 Å². The van der Waals surface area contributed by atoms with E-state index in [4.69, 9.17) is 0 Å². The SMILES string of the molecule is CC(C)CC1CN(C(=O)C2CC2)CCCN1. The molecule has 0 aromatic carbocycles. The predicted molar refractivity (Wildman–Crippen MR) is 65.2 cm³/mol. The van der Waals surface area contributed by atoms with E-state index in [0.29, 0.717) is 23.8 Å². The first kappa shape index (κ1) is 11.9. The van der Waals surface area contributed by atoms with Crippen molar-refractivity contribution in [2.24, 2.45) is 11.8 Å². The molecule has 1 aliphatic carbocycles. The molecule has 2 rings (SSSR count). The summed E-state index contributed by atoms with van der Waals surface area (Å²) in [4.78, 5) is 14.1. The van der Waals surface area contributed by atoms with Crippen LogP contribution in [0.25, 0.3) is 0 Å². The fourth-order valence-electron chi connectivity index (χ4n) is 2.51. The highest BCUT2D eigenvalue weighted by Crippen LogP contribution is 2.31. The molecule has 1 saturated carbocycles. The summed E-state index contributed by atoms with van der Waals surface area (Å²) < 4.78 is 0. The van der Waals surface area contributed by atoms with E-state index >= 15 is 0 Å². The molecule has 1 aliphatic heterocycles. The number of hydrogen-bond donors (Lipinski definition) is 1. The van der Waals surface area contributed by atoms with Crippen LogP contribution in [0.5, 0.6) is 0 Å². The number of nitrogens with one attached hydrogen (secondary N) is 1. The number of amides is 1. The average Bonchev–Trinajstić information content (AvgIpc) is 3.02. The first-order valence-electron chi connectivity index (χ1n) is 6.69. The maximum atomic E-state index is 12.0. The van der Waals surface area contributed by atoms with Gasteiger partial charge in [-0.25, -0.2) is 0 Å². The molecule has 1 saturated heterocycles. The third kappa shape index (κ3) is 3.21. The molecule has 1 amide bonds. The summed E-state index contributed by atoms with van der Waals surface area (Å²) in [6, 6.07) is 0.505. The van der Waals surface area contributed by atoms with Gasteiger partial charge in [-0.1, -0.05) is 13.8 Å². The maximum absolute atomic E-state index is 12.0. The topological polar surface area (TPSA) is 32.3 Å². The lowest BCUT2D eigenvalue weighted by atomic mass is 10.0. The summed E-state index contributed by atoms with van der Waals surface area (Å²) in [5.74, 6) is 1.49. The van der Waals surface area contributed by atoms with Crippen LogP contribution in [0.4, 0.5) is 0 Å². The van der Waals surface area contributed by atoms with Crippen LogP contribution in [-0.2, 0) is 4.79 Å². The van der Waals surface area contributed by atoms with Gasteiger partial charge in [-0.2, -0.15) is 0 Å². The molecule has 1 heterocycles. The minimum Gasteiger partial charge on any atom is -0.341 e. The highest BCUT2D eigenvalue weighted by atomic mass is 16.2. The first-order chi connectivity index (χ1) is 7.66. The van der Waals surface area contributed by atoms with Gasteiger partial charge in [0.2, 0.25) is 5.91 Å². The Morgan fingerprint density at radius 3 is 2.81 bits per heavy atom. The normalized spacial score (nSPS) is 26.9. The van der Waals surface area contributed by atoms with Crippen molar-refractivity contribution in [2.75, 3.05) is 19.6 Å². The molecule has 1 atom stereocenters. The van der Waals surface area contributed by atoms with Gasteiger partial charge in [0, 0.05) is 25.0 Å². The Morgan fingerprint density at radius 2 is 2.19 bits per heavy atom. The van der Waals surface area contributed by atoms with Gasteiger partial charge in [0.05, 0.1) is 0 Å². The molecule has 3 heteroatoms. The smallest absolute Gasteiger partial charge is 0.225 e. The number of carbonyl (C=O) groups excluding carboxylic acids is 1. The number of hydrogen-bond acceptors (Lipinski definition) is 2. The third-order valence-electron chi connectivity index (χ3n) is 3.47. The van der Waals surface area contributed by atoms with Gasteiger partial charge in [-0.05, 0) is 38.1 Å². The van der Waals surface area contributed by atoms with Crippen molar-refractivity contribution in [3.05, 3.63) is 0 Å². The standard InChI is InChI=1S/C13H24N2O/c1-10(2)8-12-9-15(7-3-6-14-12)13(16)11-4-5-11/h10-12,14H,3-9H2,1-2H3. The molecular weight excluding hydrogens is 200 g/mol. The molecule has 2 aliphatic rings. The summed E-state index contributed by atoms with van der Waals surface area (Å²) in [5, 5.41) is 3.56. The van der Waals surface area contributed by atoms with Gasteiger partial charge < -0.3 is 10.2 Å². The Bertz CT molecular complexity index is 248. The Kier molecular flexibility index (Phi) is 3.85. The summed E-state index contributed by atoms with van der Waals surface area (Å²) >= 11 is 0. The lowest BCUT2D eigenvalue weighted by Crippen LogP contribution is -2.41. The number of rotatable bonds is 3. The van der Waals surface area contributed by atoms with Crippen LogP contribution in [0.3, 0.4) is 0 Å². The Hall–Kier alpha value is -0.570. The number of nitrogens with zero attached hydrogens (tertiary/aromatic N) is 1. The van der Waals surface area contributed by atoms with Crippen LogP contribution in [0.15, 0.2) is 0 Å². The molecule has 0 aromatic rings. The van der Waals surface area contributed by atoms with Gasteiger partial charge in [-0.15, -0.1) is 0 Å². The van der Waals surface area contributed by atoms with Crippen molar-refractivity contribution < 1.29 is 4.79 Å². The van der Waals surface area contributed by atoms with Crippen LogP contribution in [-0.4, -0.2) is 36.5 Å². The highest BCUT2D eigenvalue weighted by molar-refractivity contribution is 5.81. The predicted octanol–water partition coefficient (Wildman–Crippen LogP) is 1.63. The quantitative estimate of drug-likeness (QED) is 0.790. The molecule has 0 bridgehead atoms. The minimum atomic E-state index is 0.373. The van der Waals surface area contributed by atoms with E-state index in [9.17, 15) is 4.79 Å². The molecule has 3 nitrogen and oxygen atoms in total. The summed E-state index contributed by atoms with van der Waals surface area (Å²) in [6.07, 6.45) is 4.52. The van der Waals surface area contributed by atoms with Crippen LogP contribution >= 0.6 is 0 Å². The van der Waals surface area contributed by atoms with E-state index in [-0.39, 0.29) is 0 Å². The second kappa shape index (κ2) is 5.17. The molecule has 0 radical (unpaired) electrons. The molecule has 0 spiro atoms. The fourth-order valence-corrected chi connectivity index (χ4v) is 2.51. The molecule has 92 valence electrons. The van der Waals surface area contributed by atoms with Gasteiger partial charge in [-0.3, -0.25) is 4.79 Å². The zero-order chi connectivity index (χ0) is 11.5. The van der Waals surface area contributed by atoms with Crippen LogP contribution in [0.1, 0.15) is 39.5 Å². The summed E-state index contributed by atoms with van der Waals surface area (Å²) in [6.45, 7) is 7.44. The van der Waals surface area contributed by atoms with Gasteiger partial charge >= 0.3 is 0 Å². The van der Waals surface area contributed by atoms with E-state index in [1.807, 2.05) is 0 Å². The monoisotopic (exact) mass is 224 g/mol. The Morgan fingerprint density at radius 1 is 1.44 bits per heavy atom. The second-order valence-corrected chi connectivity index (χ2v) is 5.69. The summed E-state index contributed by atoms with van der Waals surface area (Å²) in [7, 11) is 0. The third-order valence-corrected chi connectivity index (χ3v) is 3.47. The largest absolute Gasteiger partial charge is 0.341 e. The zero-order valence-electron chi connectivity index (χ0n) is 10.5. The minimum absolute atomic E-state index is 0.373. The van der Waals surface area contributed by atoms with Crippen molar-refractivity contribution >= 4 is 5.91 Å². The molecule has 2 fully saturated rings.